The molecule has 0 aliphatic heterocycles. The molecule has 3 N–H and O–H groups in total. The predicted molar refractivity (Wildman–Crippen MR) is 93.9 cm³/mol. The summed E-state index contributed by atoms with van der Waals surface area (Å²) in [6.07, 6.45) is 0.294. The molecular weight excluding hydrogens is 340 g/mol. The SMILES string of the molecule is CC(C)c1ccc(CCNS(=O)(=O)c2cc(C#N)ccc2O)c(O)c1. The van der Waals surface area contributed by atoms with Crippen molar-refractivity contribution in [2.45, 2.75) is 31.1 Å². The molecule has 25 heavy (non-hydrogen) atoms. The Labute approximate surface area is 147 Å². The molecule has 0 spiro atoms. The van der Waals surface area contributed by atoms with Crippen LogP contribution in [0.2, 0.25) is 0 Å². The molecule has 0 heterocycles. The van der Waals surface area contributed by atoms with Crippen LogP contribution >= 0.6 is 0 Å². The van der Waals surface area contributed by atoms with Crippen molar-refractivity contribution in [2.75, 3.05) is 6.54 Å². The summed E-state index contributed by atoms with van der Waals surface area (Å²) in [6, 6.07) is 10.8. The third-order valence-electron chi connectivity index (χ3n) is 3.84. The standard InChI is InChI=1S/C18H20N2O4S/c1-12(2)15-5-4-14(17(22)10-15)7-8-20-25(23,24)18-9-13(11-19)3-6-16(18)21/h3-6,9-10,12,20-22H,7-8H2,1-2H3. The molecule has 0 radical (unpaired) electrons. The van der Waals surface area contributed by atoms with Crippen LogP contribution in [0.25, 0.3) is 0 Å². The van der Waals surface area contributed by atoms with E-state index in [9.17, 15) is 18.6 Å². The van der Waals surface area contributed by atoms with Gasteiger partial charge in [0.15, 0.2) is 0 Å². The third kappa shape index (κ3) is 4.50. The number of nitrogens with one attached hydrogen (secondary N) is 1. The molecule has 0 atom stereocenters. The summed E-state index contributed by atoms with van der Waals surface area (Å²) in [7, 11) is -3.96. The highest BCUT2D eigenvalue weighted by Crippen LogP contribution is 2.25. The van der Waals surface area contributed by atoms with Crippen LogP contribution in [-0.2, 0) is 16.4 Å². The van der Waals surface area contributed by atoms with E-state index in [1.165, 1.54) is 12.1 Å². The molecular formula is C18H20N2O4S. The van der Waals surface area contributed by atoms with Crippen molar-refractivity contribution in [3.63, 3.8) is 0 Å². The lowest BCUT2D eigenvalue weighted by molar-refractivity contribution is 0.457. The van der Waals surface area contributed by atoms with Crippen molar-refractivity contribution >= 4 is 10.0 Å². The minimum atomic E-state index is -3.96. The number of nitriles is 1. The van der Waals surface area contributed by atoms with Crippen LogP contribution in [0.1, 0.15) is 36.5 Å². The van der Waals surface area contributed by atoms with Crippen molar-refractivity contribution < 1.29 is 18.6 Å². The van der Waals surface area contributed by atoms with Gasteiger partial charge in [0.25, 0.3) is 0 Å². The van der Waals surface area contributed by atoms with Crippen LogP contribution in [0.3, 0.4) is 0 Å². The number of hydrogen-bond donors (Lipinski definition) is 3. The van der Waals surface area contributed by atoms with Crippen molar-refractivity contribution in [1.29, 1.82) is 5.26 Å². The van der Waals surface area contributed by atoms with Crippen molar-refractivity contribution in [3.05, 3.63) is 53.1 Å². The predicted octanol–water partition coefficient (Wildman–Crippen LogP) is 2.61. The first-order chi connectivity index (χ1) is 11.7. The number of benzene rings is 2. The second kappa shape index (κ2) is 7.55. The van der Waals surface area contributed by atoms with E-state index in [-0.39, 0.29) is 28.7 Å². The molecule has 0 aliphatic rings. The van der Waals surface area contributed by atoms with Gasteiger partial charge in [-0.25, -0.2) is 13.1 Å². The number of phenols is 2. The average molecular weight is 360 g/mol. The summed E-state index contributed by atoms with van der Waals surface area (Å²) >= 11 is 0. The van der Waals surface area contributed by atoms with Crippen LogP contribution in [0.5, 0.6) is 11.5 Å². The zero-order valence-corrected chi connectivity index (χ0v) is 14.8. The van der Waals surface area contributed by atoms with Gasteiger partial charge in [0.1, 0.15) is 16.4 Å². The van der Waals surface area contributed by atoms with Crippen LogP contribution < -0.4 is 4.72 Å². The largest absolute Gasteiger partial charge is 0.508 e. The molecule has 0 bridgehead atoms. The first kappa shape index (κ1) is 18.8. The van der Waals surface area contributed by atoms with Gasteiger partial charge in [-0.2, -0.15) is 5.26 Å². The van der Waals surface area contributed by atoms with Gasteiger partial charge in [-0.1, -0.05) is 26.0 Å². The lowest BCUT2D eigenvalue weighted by Gasteiger charge is -2.11. The molecule has 0 aliphatic carbocycles. The fourth-order valence-electron chi connectivity index (χ4n) is 2.35. The first-order valence-electron chi connectivity index (χ1n) is 7.79. The molecule has 132 valence electrons. The summed E-state index contributed by atoms with van der Waals surface area (Å²) in [5.41, 5.74) is 1.77. The van der Waals surface area contributed by atoms with E-state index in [4.69, 9.17) is 5.26 Å². The highest BCUT2D eigenvalue weighted by molar-refractivity contribution is 7.89. The van der Waals surface area contributed by atoms with E-state index in [1.807, 2.05) is 26.0 Å². The maximum atomic E-state index is 12.3. The normalized spacial score (nSPS) is 11.4. The van der Waals surface area contributed by atoms with E-state index in [1.54, 1.807) is 12.1 Å². The molecule has 2 aromatic carbocycles. The number of rotatable bonds is 6. The molecule has 0 saturated heterocycles. The molecule has 0 fully saturated rings. The van der Waals surface area contributed by atoms with E-state index in [0.29, 0.717) is 12.0 Å². The summed E-state index contributed by atoms with van der Waals surface area (Å²) < 4.78 is 27.0. The smallest absolute Gasteiger partial charge is 0.244 e. The Morgan fingerprint density at radius 1 is 1.12 bits per heavy atom. The van der Waals surface area contributed by atoms with E-state index in [0.717, 1.165) is 11.6 Å². The van der Waals surface area contributed by atoms with Gasteiger partial charge in [-0.15, -0.1) is 0 Å². The number of phenolic OH excluding ortho intramolecular Hbond substituents is 2. The van der Waals surface area contributed by atoms with Crippen molar-refractivity contribution in [3.8, 4) is 17.6 Å². The number of sulfonamides is 1. The Hall–Kier alpha value is -2.56. The Morgan fingerprint density at radius 3 is 2.44 bits per heavy atom. The molecule has 7 heteroatoms. The lowest BCUT2D eigenvalue weighted by Crippen LogP contribution is -2.26. The van der Waals surface area contributed by atoms with Gasteiger partial charge >= 0.3 is 0 Å². The maximum absolute atomic E-state index is 12.3. The minimum Gasteiger partial charge on any atom is -0.508 e. The Kier molecular flexibility index (Phi) is 5.67. The highest BCUT2D eigenvalue weighted by Gasteiger charge is 2.19. The zero-order valence-electron chi connectivity index (χ0n) is 14.0. The number of hydrogen-bond acceptors (Lipinski definition) is 5. The topological polar surface area (TPSA) is 110 Å². The molecule has 2 aromatic rings. The molecule has 0 saturated carbocycles. The van der Waals surface area contributed by atoms with E-state index < -0.39 is 15.8 Å². The quantitative estimate of drug-likeness (QED) is 0.733. The highest BCUT2D eigenvalue weighted by atomic mass is 32.2. The molecule has 0 unspecified atom stereocenters. The third-order valence-corrected chi connectivity index (χ3v) is 5.33. The molecule has 0 amide bonds. The minimum absolute atomic E-state index is 0.0487. The summed E-state index contributed by atoms with van der Waals surface area (Å²) in [5, 5.41) is 28.6. The Balaban J connectivity index is 2.10. The van der Waals surface area contributed by atoms with Gasteiger partial charge in [-0.3, -0.25) is 0 Å². The summed E-state index contributed by atoms with van der Waals surface area (Å²) in [6.45, 7) is 4.09. The van der Waals surface area contributed by atoms with Gasteiger partial charge in [0, 0.05) is 6.54 Å². The lowest BCUT2D eigenvalue weighted by atomic mass is 10.00. The van der Waals surface area contributed by atoms with E-state index >= 15 is 0 Å². The van der Waals surface area contributed by atoms with Gasteiger partial charge in [-0.05, 0) is 47.7 Å². The van der Waals surface area contributed by atoms with Gasteiger partial charge < -0.3 is 10.2 Å². The molecule has 0 aromatic heterocycles. The monoisotopic (exact) mass is 360 g/mol. The second-order valence-corrected chi connectivity index (χ2v) is 7.72. The van der Waals surface area contributed by atoms with Crippen molar-refractivity contribution in [2.24, 2.45) is 0 Å². The second-order valence-electron chi connectivity index (χ2n) is 5.98. The summed E-state index contributed by atoms with van der Waals surface area (Å²) in [4.78, 5) is -0.342. The first-order valence-corrected chi connectivity index (χ1v) is 9.27. The van der Waals surface area contributed by atoms with Crippen LogP contribution in [0.15, 0.2) is 41.3 Å². The van der Waals surface area contributed by atoms with E-state index in [2.05, 4.69) is 4.72 Å². The fraction of sp³-hybridized carbons (Fsp3) is 0.278. The van der Waals surface area contributed by atoms with Gasteiger partial charge in [0.2, 0.25) is 10.0 Å². The van der Waals surface area contributed by atoms with Crippen LogP contribution in [0.4, 0.5) is 0 Å². The number of aromatic hydroxyl groups is 2. The fourth-order valence-corrected chi connectivity index (χ4v) is 3.50. The summed E-state index contributed by atoms with van der Waals surface area (Å²) in [5.74, 6) is -0.0100. The van der Waals surface area contributed by atoms with Crippen LogP contribution in [-0.4, -0.2) is 25.2 Å². The Bertz CT molecular complexity index is 915. The maximum Gasteiger partial charge on any atom is 0.244 e. The zero-order chi connectivity index (χ0) is 18.6. The van der Waals surface area contributed by atoms with Crippen molar-refractivity contribution in [1.82, 2.24) is 4.72 Å². The average Bonchev–Trinajstić information content (AvgIpc) is 2.56. The number of nitrogens with zero attached hydrogens (tertiary/aromatic N) is 1. The van der Waals surface area contributed by atoms with Crippen LogP contribution in [0, 0.1) is 11.3 Å². The van der Waals surface area contributed by atoms with Gasteiger partial charge in [0.05, 0.1) is 11.6 Å². The molecule has 2 rings (SSSR count). The Morgan fingerprint density at radius 2 is 1.84 bits per heavy atom. The molecule has 6 nitrogen and oxygen atoms in total.